The van der Waals surface area contributed by atoms with Crippen LogP contribution in [0.3, 0.4) is 0 Å². The van der Waals surface area contributed by atoms with Crippen LogP contribution < -0.4 is 0 Å². The fourth-order valence-corrected chi connectivity index (χ4v) is 6.61. The first-order valence-electron chi connectivity index (χ1n) is 12.4. The summed E-state index contributed by atoms with van der Waals surface area (Å²) in [5.74, 6) is -2.70. The normalized spacial score (nSPS) is 15.7. The fourth-order valence-electron chi connectivity index (χ4n) is 5.20. The van der Waals surface area contributed by atoms with Gasteiger partial charge in [-0.1, -0.05) is 63.2 Å². The first-order chi connectivity index (χ1) is 17.6. The molecule has 0 saturated heterocycles. The molecule has 0 saturated carbocycles. The number of benzene rings is 2. The first kappa shape index (κ1) is 28.7. The van der Waals surface area contributed by atoms with Crippen molar-refractivity contribution in [2.24, 2.45) is 5.92 Å². The van der Waals surface area contributed by atoms with Gasteiger partial charge in [0.2, 0.25) is 8.03 Å². The maximum Gasteiger partial charge on any atom is 0.322 e. The summed E-state index contributed by atoms with van der Waals surface area (Å²) >= 11 is 0. The number of aliphatic hydroxyl groups is 1. The zero-order chi connectivity index (χ0) is 27.3. The molecule has 0 amide bonds. The topological polar surface area (TPSA) is 96.7 Å². The van der Waals surface area contributed by atoms with Crippen molar-refractivity contribution in [3.8, 4) is 22.4 Å². The van der Waals surface area contributed by atoms with Crippen LogP contribution in [0.15, 0.2) is 60.8 Å². The Balaban J connectivity index is 2.48. The van der Waals surface area contributed by atoms with E-state index in [0.717, 1.165) is 16.8 Å². The summed E-state index contributed by atoms with van der Waals surface area (Å²) in [4.78, 5) is 17.7. The van der Waals surface area contributed by atoms with Crippen LogP contribution in [0.5, 0.6) is 0 Å². The molecule has 1 heterocycles. The molecular formula is C29H35FNO5P. The van der Waals surface area contributed by atoms with Gasteiger partial charge in [0.1, 0.15) is 5.82 Å². The molecular weight excluding hydrogens is 492 g/mol. The Morgan fingerprint density at radius 3 is 2.19 bits per heavy atom. The van der Waals surface area contributed by atoms with E-state index >= 15 is 0 Å². The Morgan fingerprint density at radius 2 is 1.70 bits per heavy atom. The van der Waals surface area contributed by atoms with Gasteiger partial charge in [-0.2, -0.15) is 0 Å². The second kappa shape index (κ2) is 12.1. The van der Waals surface area contributed by atoms with Crippen molar-refractivity contribution in [2.75, 3.05) is 7.11 Å². The summed E-state index contributed by atoms with van der Waals surface area (Å²) in [5.41, 5.74) is 4.40. The SMILES string of the molecule is CCc1c(-c2ccccc2)ncc(C(CC(C)C)C(C(=O)O)(C(C)O)[PH](=O)OC)c1-c1ccc(F)cc1. The number of carbonyl (C=O) groups is 1. The number of hydrogen-bond acceptors (Lipinski definition) is 5. The Morgan fingerprint density at radius 1 is 1.08 bits per heavy atom. The highest BCUT2D eigenvalue weighted by Gasteiger charge is 2.56. The van der Waals surface area contributed by atoms with Gasteiger partial charge in [-0.15, -0.1) is 0 Å². The van der Waals surface area contributed by atoms with E-state index in [4.69, 9.17) is 9.51 Å². The second-order valence-corrected chi connectivity index (χ2v) is 11.5. The van der Waals surface area contributed by atoms with Gasteiger partial charge in [0.15, 0.2) is 5.16 Å². The number of pyridine rings is 1. The lowest BCUT2D eigenvalue weighted by molar-refractivity contribution is -0.144. The average Bonchev–Trinajstić information content (AvgIpc) is 2.87. The lowest BCUT2D eigenvalue weighted by Crippen LogP contribution is -2.51. The highest BCUT2D eigenvalue weighted by molar-refractivity contribution is 7.42. The molecule has 0 radical (unpaired) electrons. The van der Waals surface area contributed by atoms with Crippen molar-refractivity contribution >= 4 is 14.0 Å². The number of aliphatic carboxylic acids is 1. The van der Waals surface area contributed by atoms with Crippen molar-refractivity contribution < 1.29 is 28.5 Å². The van der Waals surface area contributed by atoms with E-state index < -0.39 is 37.0 Å². The van der Waals surface area contributed by atoms with Crippen molar-refractivity contribution in [1.29, 1.82) is 0 Å². The molecule has 2 N–H and O–H groups in total. The number of aliphatic hydroxyl groups excluding tert-OH is 1. The standard InChI is InChI=1S/C29H35FNO5P/c1-6-23-26(20-12-14-22(30)15-13-20)24(17-31-27(23)21-10-8-7-9-11-21)25(16-18(2)3)29(19(4)32,28(33)34)37(35)36-5/h7-15,17-19,25,32,37H,6,16H2,1-5H3,(H,33,34). The zero-order valence-corrected chi connectivity index (χ0v) is 22.9. The third-order valence-electron chi connectivity index (χ3n) is 6.91. The van der Waals surface area contributed by atoms with Crippen molar-refractivity contribution in [1.82, 2.24) is 4.98 Å². The molecule has 0 aliphatic carbocycles. The van der Waals surface area contributed by atoms with Crippen LogP contribution in [0.2, 0.25) is 0 Å². The number of rotatable bonds is 11. The molecule has 2 aromatic carbocycles. The largest absolute Gasteiger partial charge is 0.480 e. The molecule has 8 heteroatoms. The molecule has 4 unspecified atom stereocenters. The highest BCUT2D eigenvalue weighted by atomic mass is 31.1. The number of carboxylic acid groups (broad SMARTS) is 1. The molecule has 6 nitrogen and oxygen atoms in total. The second-order valence-electron chi connectivity index (χ2n) is 9.67. The van der Waals surface area contributed by atoms with Gasteiger partial charge in [0.25, 0.3) is 0 Å². The molecule has 0 aliphatic rings. The summed E-state index contributed by atoms with van der Waals surface area (Å²) in [7, 11) is -2.09. The lowest BCUT2D eigenvalue weighted by Gasteiger charge is -2.40. The van der Waals surface area contributed by atoms with Crippen LogP contribution in [0.1, 0.15) is 51.2 Å². The van der Waals surface area contributed by atoms with E-state index in [1.54, 1.807) is 18.3 Å². The minimum atomic E-state index is -3.29. The van der Waals surface area contributed by atoms with Gasteiger partial charge in [0, 0.05) is 24.8 Å². The molecule has 198 valence electrons. The van der Waals surface area contributed by atoms with E-state index in [2.05, 4.69) is 0 Å². The predicted molar refractivity (Wildman–Crippen MR) is 145 cm³/mol. The molecule has 4 atom stereocenters. The van der Waals surface area contributed by atoms with Gasteiger partial charge >= 0.3 is 5.97 Å². The summed E-state index contributed by atoms with van der Waals surface area (Å²) in [6, 6.07) is 15.6. The third-order valence-corrected chi connectivity index (χ3v) is 8.94. The number of aromatic nitrogens is 1. The smallest absolute Gasteiger partial charge is 0.322 e. The quantitative estimate of drug-likeness (QED) is 0.274. The summed E-state index contributed by atoms with van der Waals surface area (Å²) in [5, 5.41) is 19.3. The zero-order valence-electron chi connectivity index (χ0n) is 21.9. The van der Waals surface area contributed by atoms with Gasteiger partial charge in [-0.05, 0) is 60.1 Å². The van der Waals surface area contributed by atoms with E-state index in [9.17, 15) is 24.0 Å². The van der Waals surface area contributed by atoms with Gasteiger partial charge in [-0.3, -0.25) is 14.3 Å². The lowest BCUT2D eigenvalue weighted by atomic mass is 9.74. The van der Waals surface area contributed by atoms with E-state index in [-0.39, 0.29) is 5.92 Å². The number of hydrogen-bond donors (Lipinski definition) is 2. The minimum absolute atomic E-state index is 0.00549. The van der Waals surface area contributed by atoms with Crippen LogP contribution in [0.4, 0.5) is 4.39 Å². The molecule has 0 aliphatic heterocycles. The minimum Gasteiger partial charge on any atom is -0.480 e. The Hall–Kier alpha value is -2.86. The molecule has 1 aromatic heterocycles. The maximum atomic E-state index is 13.9. The van der Waals surface area contributed by atoms with Gasteiger partial charge in [0.05, 0.1) is 11.8 Å². The Kier molecular flexibility index (Phi) is 9.41. The average molecular weight is 528 g/mol. The van der Waals surface area contributed by atoms with Crippen LogP contribution in [0.25, 0.3) is 22.4 Å². The monoisotopic (exact) mass is 527 g/mol. The number of nitrogens with zero attached hydrogens (tertiary/aromatic N) is 1. The molecule has 37 heavy (non-hydrogen) atoms. The van der Waals surface area contributed by atoms with Gasteiger partial charge in [-0.25, -0.2) is 4.39 Å². The summed E-state index contributed by atoms with van der Waals surface area (Å²) in [6.07, 6.45) is 0.999. The van der Waals surface area contributed by atoms with E-state index in [1.165, 1.54) is 26.2 Å². The highest BCUT2D eigenvalue weighted by Crippen LogP contribution is 2.55. The molecule has 0 spiro atoms. The van der Waals surface area contributed by atoms with Gasteiger partial charge < -0.3 is 14.7 Å². The number of carboxylic acids is 1. The Bertz CT molecular complexity index is 1250. The fraction of sp³-hybridized carbons (Fsp3) is 0.379. The number of halogens is 1. The van der Waals surface area contributed by atoms with Crippen LogP contribution in [-0.4, -0.2) is 39.5 Å². The van der Waals surface area contributed by atoms with Crippen LogP contribution in [0, 0.1) is 11.7 Å². The summed E-state index contributed by atoms with van der Waals surface area (Å²) in [6.45, 7) is 7.20. The molecule has 3 rings (SSSR count). The first-order valence-corrected chi connectivity index (χ1v) is 13.7. The van der Waals surface area contributed by atoms with Crippen LogP contribution in [-0.2, 0) is 20.3 Å². The van der Waals surface area contributed by atoms with Crippen molar-refractivity contribution in [3.63, 3.8) is 0 Å². The summed E-state index contributed by atoms with van der Waals surface area (Å²) < 4.78 is 32.5. The van der Waals surface area contributed by atoms with E-state index in [1.807, 2.05) is 51.1 Å². The van der Waals surface area contributed by atoms with Crippen molar-refractivity contribution in [2.45, 2.75) is 57.7 Å². The predicted octanol–water partition coefficient (Wildman–Crippen LogP) is 6.57. The van der Waals surface area contributed by atoms with Crippen LogP contribution >= 0.6 is 8.03 Å². The maximum absolute atomic E-state index is 13.9. The molecule has 0 fully saturated rings. The van der Waals surface area contributed by atoms with E-state index in [0.29, 0.717) is 29.5 Å². The Labute approximate surface area is 218 Å². The molecule has 0 bridgehead atoms. The van der Waals surface area contributed by atoms with Crippen molar-refractivity contribution in [3.05, 3.63) is 77.7 Å². The molecule has 3 aromatic rings. The third kappa shape index (κ3) is 5.54.